The van der Waals surface area contributed by atoms with Crippen LogP contribution in [0.3, 0.4) is 0 Å². The van der Waals surface area contributed by atoms with Crippen molar-refractivity contribution < 1.29 is 9.21 Å². The van der Waals surface area contributed by atoms with E-state index in [1.807, 2.05) is 12.1 Å². The lowest BCUT2D eigenvalue weighted by Gasteiger charge is -2.05. The fourth-order valence-corrected chi connectivity index (χ4v) is 2.02. The molecule has 0 spiro atoms. The van der Waals surface area contributed by atoms with E-state index in [2.05, 4.69) is 31.2 Å². The van der Waals surface area contributed by atoms with E-state index in [-0.39, 0.29) is 5.91 Å². The van der Waals surface area contributed by atoms with E-state index < -0.39 is 0 Å². The van der Waals surface area contributed by atoms with Crippen molar-refractivity contribution in [2.45, 2.75) is 0 Å². The number of halogens is 1. The average Bonchev–Trinajstić information content (AvgIpc) is 3.03. The van der Waals surface area contributed by atoms with Gasteiger partial charge in [0.25, 0.3) is 5.91 Å². The van der Waals surface area contributed by atoms with Crippen LogP contribution < -0.4 is 5.32 Å². The van der Waals surface area contributed by atoms with Gasteiger partial charge < -0.3 is 9.73 Å². The van der Waals surface area contributed by atoms with Crippen LogP contribution in [0, 0.1) is 0 Å². The lowest BCUT2D eigenvalue weighted by atomic mass is 10.1. The minimum Gasteiger partial charge on any atom is -0.444 e. The number of anilines is 1. The normalized spacial score (nSPS) is 10.3. The number of rotatable bonds is 3. The van der Waals surface area contributed by atoms with E-state index in [9.17, 15) is 4.79 Å². The first-order valence-corrected chi connectivity index (χ1v) is 6.93. The quantitative estimate of drug-likeness (QED) is 0.786. The van der Waals surface area contributed by atoms with Gasteiger partial charge in [-0.15, -0.1) is 0 Å². The van der Waals surface area contributed by atoms with E-state index in [0.717, 1.165) is 10.0 Å². The van der Waals surface area contributed by atoms with Gasteiger partial charge in [-0.2, -0.15) is 0 Å². The summed E-state index contributed by atoms with van der Waals surface area (Å²) in [5.41, 5.74) is 1.94. The van der Waals surface area contributed by atoms with Crippen molar-refractivity contribution in [3.05, 3.63) is 65.4 Å². The maximum atomic E-state index is 12.0. The van der Waals surface area contributed by atoms with Crippen LogP contribution in [0.15, 0.2) is 64.1 Å². The van der Waals surface area contributed by atoms with Crippen molar-refractivity contribution in [2.24, 2.45) is 0 Å². The highest BCUT2D eigenvalue weighted by Gasteiger charge is 2.08. The molecule has 3 rings (SSSR count). The topological polar surface area (TPSA) is 68.0 Å². The molecule has 0 saturated heterocycles. The number of hydrogen-bond donors (Lipinski definition) is 1. The first kappa shape index (κ1) is 13.5. The maximum absolute atomic E-state index is 12.0. The van der Waals surface area contributed by atoms with Crippen LogP contribution in [0.25, 0.3) is 11.3 Å². The summed E-state index contributed by atoms with van der Waals surface area (Å²) in [6.45, 7) is 0. The van der Waals surface area contributed by atoms with Crippen molar-refractivity contribution in [2.75, 3.05) is 5.32 Å². The van der Waals surface area contributed by atoms with Gasteiger partial charge in [0, 0.05) is 21.9 Å². The lowest BCUT2D eigenvalue weighted by molar-refractivity contribution is 0.102. The van der Waals surface area contributed by atoms with Gasteiger partial charge in [0.1, 0.15) is 5.69 Å². The molecular weight excluding hydrogens is 334 g/mol. The summed E-state index contributed by atoms with van der Waals surface area (Å²) in [7, 11) is 0. The summed E-state index contributed by atoms with van der Waals surface area (Å²) in [6.07, 6.45) is 4.60. The number of carbonyl (C=O) groups is 1. The molecule has 0 saturated carbocycles. The van der Waals surface area contributed by atoms with E-state index in [4.69, 9.17) is 4.42 Å². The highest BCUT2D eigenvalue weighted by atomic mass is 79.9. The zero-order chi connectivity index (χ0) is 14.7. The Labute approximate surface area is 129 Å². The number of nitrogens with one attached hydrogen (secondary N) is 1. The Morgan fingerprint density at radius 1 is 1.10 bits per heavy atom. The first-order chi connectivity index (χ1) is 10.2. The lowest BCUT2D eigenvalue weighted by Crippen LogP contribution is -2.13. The number of pyridine rings is 1. The number of nitrogens with zero attached hydrogens (tertiary/aromatic N) is 2. The van der Waals surface area contributed by atoms with Crippen LogP contribution in [0.4, 0.5) is 5.69 Å². The fourth-order valence-electron chi connectivity index (χ4n) is 1.78. The molecule has 0 aliphatic carbocycles. The molecule has 104 valence electrons. The van der Waals surface area contributed by atoms with Crippen molar-refractivity contribution in [3.63, 3.8) is 0 Å². The number of hydrogen-bond acceptors (Lipinski definition) is 4. The van der Waals surface area contributed by atoms with E-state index in [1.54, 1.807) is 36.7 Å². The largest absolute Gasteiger partial charge is 0.444 e. The molecule has 3 aromatic rings. The molecule has 2 heterocycles. The summed E-state index contributed by atoms with van der Waals surface area (Å²) in [4.78, 5) is 19.9. The van der Waals surface area contributed by atoms with Gasteiger partial charge in [-0.05, 0) is 52.3 Å². The van der Waals surface area contributed by atoms with Crippen molar-refractivity contribution in [1.29, 1.82) is 0 Å². The van der Waals surface area contributed by atoms with Gasteiger partial charge in [0.2, 0.25) is 0 Å². The number of amides is 1. The Kier molecular flexibility index (Phi) is 3.79. The van der Waals surface area contributed by atoms with Crippen molar-refractivity contribution in [1.82, 2.24) is 9.97 Å². The molecule has 0 atom stereocenters. The van der Waals surface area contributed by atoms with E-state index >= 15 is 0 Å². The summed E-state index contributed by atoms with van der Waals surface area (Å²) in [5.74, 6) is 0.428. The monoisotopic (exact) mass is 343 g/mol. The molecule has 0 aliphatic heterocycles. The highest BCUT2D eigenvalue weighted by molar-refractivity contribution is 9.10. The maximum Gasteiger partial charge on any atom is 0.274 e. The molecule has 1 aromatic carbocycles. The minimum absolute atomic E-state index is 0.255. The molecule has 0 fully saturated rings. The van der Waals surface area contributed by atoms with Crippen LogP contribution in [0.5, 0.6) is 0 Å². The Bertz CT molecular complexity index is 738. The van der Waals surface area contributed by atoms with Gasteiger partial charge in [-0.1, -0.05) is 0 Å². The molecular formula is C15H10BrN3O2. The molecule has 0 bridgehead atoms. The Balaban J connectivity index is 1.73. The van der Waals surface area contributed by atoms with Crippen molar-refractivity contribution >= 4 is 27.5 Å². The number of carbonyl (C=O) groups excluding carboxylic acids is 1. The zero-order valence-electron chi connectivity index (χ0n) is 10.8. The third-order valence-corrected chi connectivity index (χ3v) is 3.29. The molecule has 5 nitrogen and oxygen atoms in total. The highest BCUT2D eigenvalue weighted by Crippen LogP contribution is 2.21. The summed E-state index contributed by atoms with van der Waals surface area (Å²) in [6, 6.07) is 10.7. The number of oxazole rings is 1. The molecule has 21 heavy (non-hydrogen) atoms. The number of aromatic nitrogens is 2. The minimum atomic E-state index is -0.255. The Morgan fingerprint density at radius 2 is 1.90 bits per heavy atom. The zero-order valence-corrected chi connectivity index (χ0v) is 12.4. The van der Waals surface area contributed by atoms with Crippen LogP contribution in [0.1, 0.15) is 10.5 Å². The standard InChI is InChI=1S/C15H10BrN3O2/c16-11-3-6-13(18-7-11)15(20)19-12-4-1-10(2-5-12)14-8-17-9-21-14/h1-9H,(H,19,20). The second-order valence-electron chi connectivity index (χ2n) is 4.26. The van der Waals surface area contributed by atoms with Crippen LogP contribution in [0.2, 0.25) is 0 Å². The summed E-state index contributed by atoms with van der Waals surface area (Å²) < 4.78 is 6.04. The summed E-state index contributed by atoms with van der Waals surface area (Å²) in [5, 5.41) is 2.79. The van der Waals surface area contributed by atoms with Crippen LogP contribution >= 0.6 is 15.9 Å². The molecule has 0 radical (unpaired) electrons. The van der Waals surface area contributed by atoms with Gasteiger partial charge in [0.05, 0.1) is 6.20 Å². The molecule has 2 aromatic heterocycles. The average molecular weight is 344 g/mol. The Hall–Kier alpha value is -2.47. The molecule has 6 heteroatoms. The van der Waals surface area contributed by atoms with Gasteiger partial charge in [-0.25, -0.2) is 9.97 Å². The summed E-state index contributed by atoms with van der Waals surface area (Å²) >= 11 is 3.28. The van der Waals surface area contributed by atoms with Crippen molar-refractivity contribution in [3.8, 4) is 11.3 Å². The second kappa shape index (κ2) is 5.88. The fraction of sp³-hybridized carbons (Fsp3) is 0. The SMILES string of the molecule is O=C(Nc1ccc(-c2cnco2)cc1)c1ccc(Br)cn1. The smallest absolute Gasteiger partial charge is 0.274 e. The third kappa shape index (κ3) is 3.17. The van der Waals surface area contributed by atoms with E-state index in [0.29, 0.717) is 17.1 Å². The van der Waals surface area contributed by atoms with Crippen LogP contribution in [-0.2, 0) is 0 Å². The van der Waals surface area contributed by atoms with E-state index in [1.165, 1.54) is 6.39 Å². The molecule has 0 unspecified atom stereocenters. The molecule has 1 amide bonds. The predicted molar refractivity (Wildman–Crippen MR) is 81.8 cm³/mol. The third-order valence-electron chi connectivity index (χ3n) is 2.82. The van der Waals surface area contributed by atoms with Gasteiger partial charge in [-0.3, -0.25) is 4.79 Å². The van der Waals surface area contributed by atoms with Gasteiger partial charge >= 0.3 is 0 Å². The van der Waals surface area contributed by atoms with Gasteiger partial charge in [0.15, 0.2) is 12.2 Å². The first-order valence-electron chi connectivity index (χ1n) is 6.14. The second-order valence-corrected chi connectivity index (χ2v) is 5.17. The molecule has 0 aliphatic rings. The predicted octanol–water partition coefficient (Wildman–Crippen LogP) is 3.75. The number of benzene rings is 1. The van der Waals surface area contributed by atoms with Crippen LogP contribution in [-0.4, -0.2) is 15.9 Å². The Morgan fingerprint density at radius 3 is 2.52 bits per heavy atom. The molecule has 1 N–H and O–H groups in total.